The molecule has 0 unspecified atom stereocenters. The molecule has 1 aliphatic heterocycles. The molecule has 3 aromatic rings. The van der Waals surface area contributed by atoms with Gasteiger partial charge in [0.25, 0.3) is 5.91 Å². The van der Waals surface area contributed by atoms with Crippen LogP contribution in [-0.2, 0) is 19.1 Å². The number of ether oxygens (including phenoxy) is 1. The molecule has 3 fully saturated rings. The third-order valence-corrected chi connectivity index (χ3v) is 8.82. The van der Waals surface area contributed by atoms with Crippen molar-refractivity contribution >= 4 is 35.1 Å². The Morgan fingerprint density at radius 2 is 1.59 bits per heavy atom. The molecule has 1 N–H and O–H groups in total. The van der Waals surface area contributed by atoms with Crippen LogP contribution in [0.25, 0.3) is 0 Å². The SMILES string of the molecule is Cc1cccc(NC(=O)COC(=O)c2ccc(N3C(=O)[C@@H]4[C@@H]5C[C@@H]([C@H]4C3=O)[C@@H](c3ccccc3)C5)cc2)c1C. The van der Waals surface area contributed by atoms with Gasteiger partial charge in [-0.3, -0.25) is 19.3 Å². The average Bonchev–Trinajstić information content (AvgIpc) is 3.62. The lowest BCUT2D eigenvalue weighted by Gasteiger charge is -2.28. The summed E-state index contributed by atoms with van der Waals surface area (Å²) in [5.41, 5.74) is 4.61. The van der Waals surface area contributed by atoms with Crippen LogP contribution in [0.4, 0.5) is 11.4 Å². The van der Waals surface area contributed by atoms with Crippen LogP contribution in [0, 0.1) is 37.5 Å². The number of esters is 1. The predicted molar refractivity (Wildman–Crippen MR) is 146 cm³/mol. The Kier molecular flexibility index (Phi) is 6.29. The maximum Gasteiger partial charge on any atom is 0.338 e. The van der Waals surface area contributed by atoms with Gasteiger partial charge in [-0.25, -0.2) is 4.79 Å². The molecule has 7 heteroatoms. The molecule has 6 rings (SSSR count). The molecule has 0 spiro atoms. The van der Waals surface area contributed by atoms with Crippen molar-refractivity contribution < 1.29 is 23.9 Å². The van der Waals surface area contributed by atoms with Crippen LogP contribution in [0.1, 0.15) is 45.8 Å². The quantitative estimate of drug-likeness (QED) is 0.362. The number of fused-ring (bicyclic) bond motifs is 5. The Morgan fingerprint density at radius 1 is 0.872 bits per heavy atom. The van der Waals surface area contributed by atoms with Gasteiger partial charge in [-0.2, -0.15) is 0 Å². The first-order chi connectivity index (χ1) is 18.8. The van der Waals surface area contributed by atoms with E-state index in [1.54, 1.807) is 18.2 Å². The zero-order chi connectivity index (χ0) is 27.3. The van der Waals surface area contributed by atoms with E-state index in [1.807, 2.05) is 44.2 Å². The maximum absolute atomic E-state index is 13.5. The predicted octanol–water partition coefficient (Wildman–Crippen LogP) is 5.03. The van der Waals surface area contributed by atoms with Gasteiger partial charge in [-0.05, 0) is 91.5 Å². The Balaban J connectivity index is 1.10. The molecule has 2 aliphatic carbocycles. The summed E-state index contributed by atoms with van der Waals surface area (Å²) in [5, 5.41) is 2.76. The molecule has 39 heavy (non-hydrogen) atoms. The highest BCUT2D eigenvalue weighted by Gasteiger charge is 2.64. The Hall–Kier alpha value is -4.26. The van der Waals surface area contributed by atoms with Crippen LogP contribution < -0.4 is 10.2 Å². The van der Waals surface area contributed by atoms with Crippen molar-refractivity contribution in [3.63, 3.8) is 0 Å². The van der Waals surface area contributed by atoms with Crippen LogP contribution in [0.2, 0.25) is 0 Å². The number of nitrogens with zero attached hydrogens (tertiary/aromatic N) is 1. The third-order valence-electron chi connectivity index (χ3n) is 8.82. The normalized spacial score (nSPS) is 25.1. The highest BCUT2D eigenvalue weighted by molar-refractivity contribution is 6.22. The Morgan fingerprint density at radius 3 is 2.33 bits per heavy atom. The van der Waals surface area contributed by atoms with Gasteiger partial charge in [-0.1, -0.05) is 42.5 Å². The second-order valence-corrected chi connectivity index (χ2v) is 10.9. The summed E-state index contributed by atoms with van der Waals surface area (Å²) in [6, 6.07) is 22.1. The number of anilines is 2. The van der Waals surface area contributed by atoms with Crippen molar-refractivity contribution in [2.45, 2.75) is 32.6 Å². The smallest absolute Gasteiger partial charge is 0.338 e. The number of hydrogen-bond acceptors (Lipinski definition) is 5. The van der Waals surface area contributed by atoms with Crippen molar-refractivity contribution in [1.82, 2.24) is 0 Å². The second kappa shape index (κ2) is 9.80. The minimum absolute atomic E-state index is 0.137. The zero-order valence-electron chi connectivity index (χ0n) is 21.9. The molecule has 0 radical (unpaired) electrons. The molecule has 3 aromatic carbocycles. The van der Waals surface area contributed by atoms with Gasteiger partial charge in [0.2, 0.25) is 11.8 Å². The summed E-state index contributed by atoms with van der Waals surface area (Å²) in [6.07, 6.45) is 1.85. The molecule has 5 atom stereocenters. The molecule has 7 nitrogen and oxygen atoms in total. The lowest BCUT2D eigenvalue weighted by molar-refractivity contribution is -0.123. The average molecular weight is 523 g/mol. The number of imide groups is 1. The van der Waals surface area contributed by atoms with E-state index in [0.717, 1.165) is 24.0 Å². The van der Waals surface area contributed by atoms with Crippen LogP contribution in [-0.4, -0.2) is 30.3 Å². The van der Waals surface area contributed by atoms with Gasteiger partial charge < -0.3 is 10.1 Å². The van der Waals surface area contributed by atoms with Crippen LogP contribution in [0.5, 0.6) is 0 Å². The highest BCUT2D eigenvalue weighted by Crippen LogP contribution is 2.61. The van der Waals surface area contributed by atoms with Crippen molar-refractivity contribution in [2.75, 3.05) is 16.8 Å². The number of nitrogens with one attached hydrogen (secondary N) is 1. The molecule has 2 saturated carbocycles. The first kappa shape index (κ1) is 25.0. The van der Waals surface area contributed by atoms with Gasteiger partial charge >= 0.3 is 5.97 Å². The first-order valence-corrected chi connectivity index (χ1v) is 13.4. The molecular weight excluding hydrogens is 492 g/mol. The van der Waals surface area contributed by atoms with Crippen molar-refractivity contribution in [3.8, 4) is 0 Å². The molecule has 198 valence electrons. The topological polar surface area (TPSA) is 92.8 Å². The fraction of sp³-hybridized carbons (Fsp3) is 0.312. The van der Waals surface area contributed by atoms with E-state index in [1.165, 1.54) is 22.6 Å². The van der Waals surface area contributed by atoms with Crippen molar-refractivity contribution in [1.29, 1.82) is 0 Å². The molecule has 3 aliphatic rings. The van der Waals surface area contributed by atoms with E-state index in [0.29, 0.717) is 17.3 Å². The van der Waals surface area contributed by atoms with Gasteiger partial charge in [0.05, 0.1) is 23.1 Å². The molecule has 1 heterocycles. The van der Waals surface area contributed by atoms with Gasteiger partial charge in [0, 0.05) is 5.69 Å². The van der Waals surface area contributed by atoms with Crippen molar-refractivity contribution in [3.05, 3.63) is 95.1 Å². The summed E-state index contributed by atoms with van der Waals surface area (Å²) >= 11 is 0. The van der Waals surface area contributed by atoms with E-state index >= 15 is 0 Å². The number of benzene rings is 3. The molecular formula is C32H30N2O5. The van der Waals surface area contributed by atoms with Gasteiger partial charge in [-0.15, -0.1) is 0 Å². The summed E-state index contributed by atoms with van der Waals surface area (Å²) in [6.45, 7) is 3.44. The highest BCUT2D eigenvalue weighted by atomic mass is 16.5. The van der Waals surface area contributed by atoms with Gasteiger partial charge in [0.1, 0.15) is 0 Å². The van der Waals surface area contributed by atoms with Gasteiger partial charge in [0.15, 0.2) is 6.61 Å². The fourth-order valence-electron chi connectivity index (χ4n) is 6.83. The van der Waals surface area contributed by atoms with Crippen molar-refractivity contribution in [2.24, 2.45) is 23.7 Å². The summed E-state index contributed by atoms with van der Waals surface area (Å²) in [4.78, 5) is 53.1. The standard InChI is InChI=1S/C32H30N2O5/c1-18-7-6-10-26(19(18)2)33-27(35)17-39-32(38)21-11-13-23(14-12-21)34-30(36)28-22-15-24(20-8-4-3-5-9-20)25(16-22)29(28)31(34)37/h3-14,22,24-25,28-29H,15-17H2,1-2H3,(H,33,35)/t22-,24+,25+,28+,29+/m0/s1. The molecule has 0 aromatic heterocycles. The second-order valence-electron chi connectivity index (χ2n) is 10.9. The first-order valence-electron chi connectivity index (χ1n) is 13.4. The van der Waals surface area contributed by atoms with Crippen LogP contribution in [0.3, 0.4) is 0 Å². The number of amides is 3. The minimum Gasteiger partial charge on any atom is -0.452 e. The van der Waals surface area contributed by atoms with Crippen LogP contribution in [0.15, 0.2) is 72.8 Å². The monoisotopic (exact) mass is 522 g/mol. The number of aryl methyl sites for hydroxylation is 1. The Labute approximate surface area is 227 Å². The number of rotatable bonds is 6. The zero-order valence-corrected chi connectivity index (χ0v) is 21.9. The summed E-state index contributed by atoms with van der Waals surface area (Å²) < 4.78 is 5.19. The van der Waals surface area contributed by atoms with E-state index in [-0.39, 0.29) is 41.0 Å². The molecule has 1 saturated heterocycles. The van der Waals surface area contributed by atoms with Crippen LogP contribution >= 0.6 is 0 Å². The number of hydrogen-bond donors (Lipinski definition) is 1. The molecule has 3 amide bonds. The lowest BCUT2D eigenvalue weighted by Crippen LogP contribution is -2.33. The van der Waals surface area contributed by atoms with E-state index in [4.69, 9.17) is 4.74 Å². The van der Waals surface area contributed by atoms with E-state index in [9.17, 15) is 19.2 Å². The number of carbonyl (C=O) groups is 4. The minimum atomic E-state index is -0.655. The third kappa shape index (κ3) is 4.32. The molecule has 2 bridgehead atoms. The fourth-order valence-corrected chi connectivity index (χ4v) is 6.83. The Bertz CT molecular complexity index is 1470. The lowest BCUT2D eigenvalue weighted by atomic mass is 9.73. The maximum atomic E-state index is 13.5. The number of carbonyl (C=O) groups excluding carboxylic acids is 4. The van der Waals surface area contributed by atoms with E-state index < -0.39 is 18.5 Å². The summed E-state index contributed by atoms with van der Waals surface area (Å²) in [7, 11) is 0. The largest absolute Gasteiger partial charge is 0.452 e. The van der Waals surface area contributed by atoms with E-state index in [2.05, 4.69) is 17.4 Å². The summed E-state index contributed by atoms with van der Waals surface area (Å²) in [5.74, 6) is -1.22.